The Hall–Kier alpha value is -2.33. The van der Waals surface area contributed by atoms with Crippen LogP contribution in [0.4, 0.5) is 0 Å². The van der Waals surface area contributed by atoms with Crippen molar-refractivity contribution in [2.45, 2.75) is 44.7 Å². The Morgan fingerprint density at radius 2 is 1.85 bits per heavy atom. The lowest BCUT2D eigenvalue weighted by Gasteiger charge is -2.31. The molecule has 0 bridgehead atoms. The van der Waals surface area contributed by atoms with Crippen LogP contribution in [-0.2, 0) is 21.3 Å². The second-order valence-corrected chi connectivity index (χ2v) is 10.8. The average Bonchev–Trinajstić information content (AvgIpc) is 3.09. The fourth-order valence-corrected chi connectivity index (χ4v) is 5.61. The van der Waals surface area contributed by atoms with Crippen LogP contribution >= 0.6 is 0 Å². The molecule has 1 saturated heterocycles. The van der Waals surface area contributed by atoms with Gasteiger partial charge in [-0.05, 0) is 43.0 Å². The lowest BCUT2D eigenvalue weighted by atomic mass is 10.0. The zero-order chi connectivity index (χ0) is 23.4. The maximum absolute atomic E-state index is 13.1. The first kappa shape index (κ1) is 23.8. The number of imidazole rings is 1. The minimum atomic E-state index is -3.61. The molecule has 4 rings (SSSR count). The number of morpholine rings is 1. The number of nitrogens with zero attached hydrogens (tertiary/aromatic N) is 4. The fourth-order valence-electron chi connectivity index (χ4n) is 4.37. The van der Waals surface area contributed by atoms with Gasteiger partial charge in [0.05, 0.1) is 29.8 Å². The largest absolute Gasteiger partial charge is 0.379 e. The van der Waals surface area contributed by atoms with E-state index in [4.69, 9.17) is 4.74 Å². The Balaban J connectivity index is 1.47. The van der Waals surface area contributed by atoms with Gasteiger partial charge in [0.2, 0.25) is 10.0 Å². The quantitative estimate of drug-likeness (QED) is 0.516. The molecule has 0 aliphatic carbocycles. The van der Waals surface area contributed by atoms with E-state index >= 15 is 0 Å². The zero-order valence-corrected chi connectivity index (χ0v) is 20.4. The highest BCUT2D eigenvalue weighted by molar-refractivity contribution is 7.89. The minimum Gasteiger partial charge on any atom is -0.379 e. The van der Waals surface area contributed by atoms with Gasteiger partial charge in [-0.15, -0.1) is 0 Å². The number of fused-ring (bicyclic) bond motifs is 1. The molecule has 1 N–H and O–H groups in total. The van der Waals surface area contributed by atoms with Gasteiger partial charge in [0.15, 0.2) is 0 Å². The van der Waals surface area contributed by atoms with Gasteiger partial charge in [0.25, 0.3) is 0 Å². The third kappa shape index (κ3) is 5.97. The number of pyridine rings is 1. The number of hydrogen-bond acceptors (Lipinski definition) is 6. The number of ether oxygens (including phenoxy) is 1. The SMILES string of the molecule is Cc1nc2cnccc2n1Cc1ccc(S(=O)(=O)NC(CC(C)C)CN2CCOCC2)cc1. The third-order valence-corrected chi connectivity index (χ3v) is 7.51. The monoisotopic (exact) mass is 471 g/mol. The summed E-state index contributed by atoms with van der Waals surface area (Å²) in [6, 6.07) is 8.94. The van der Waals surface area contributed by atoms with Crippen LogP contribution in [0.5, 0.6) is 0 Å². The highest BCUT2D eigenvalue weighted by Crippen LogP contribution is 2.19. The summed E-state index contributed by atoms with van der Waals surface area (Å²) in [5, 5.41) is 0. The van der Waals surface area contributed by atoms with E-state index in [1.54, 1.807) is 24.5 Å². The summed E-state index contributed by atoms with van der Waals surface area (Å²) in [4.78, 5) is 11.2. The van der Waals surface area contributed by atoms with E-state index in [-0.39, 0.29) is 6.04 Å². The van der Waals surface area contributed by atoms with Gasteiger partial charge in [0.1, 0.15) is 11.3 Å². The van der Waals surface area contributed by atoms with E-state index in [2.05, 4.69) is 38.0 Å². The summed E-state index contributed by atoms with van der Waals surface area (Å²) in [7, 11) is -3.61. The van der Waals surface area contributed by atoms with Crippen molar-refractivity contribution in [3.8, 4) is 0 Å². The van der Waals surface area contributed by atoms with Gasteiger partial charge in [0, 0.05) is 38.4 Å². The molecule has 9 heteroatoms. The number of benzene rings is 1. The Bertz CT molecular complexity index is 1170. The van der Waals surface area contributed by atoms with Gasteiger partial charge in [-0.3, -0.25) is 9.88 Å². The van der Waals surface area contributed by atoms with Crippen molar-refractivity contribution in [1.29, 1.82) is 0 Å². The smallest absolute Gasteiger partial charge is 0.240 e. The number of hydrogen-bond donors (Lipinski definition) is 1. The summed E-state index contributed by atoms with van der Waals surface area (Å²) in [6.07, 6.45) is 4.30. The molecule has 1 aliphatic heterocycles. The molecule has 1 fully saturated rings. The molecule has 3 heterocycles. The molecule has 0 amide bonds. The molecule has 1 aliphatic rings. The molecular weight excluding hydrogens is 438 g/mol. The van der Waals surface area contributed by atoms with Crippen LogP contribution < -0.4 is 4.72 Å². The van der Waals surface area contributed by atoms with Crippen LogP contribution in [0, 0.1) is 12.8 Å². The van der Waals surface area contributed by atoms with Crippen LogP contribution in [0.3, 0.4) is 0 Å². The van der Waals surface area contributed by atoms with Gasteiger partial charge in [-0.25, -0.2) is 18.1 Å². The van der Waals surface area contributed by atoms with Crippen LogP contribution in [0.25, 0.3) is 11.0 Å². The fraction of sp³-hybridized carbons (Fsp3) is 0.500. The first-order chi connectivity index (χ1) is 15.8. The Labute approximate surface area is 196 Å². The lowest BCUT2D eigenvalue weighted by Crippen LogP contribution is -2.47. The normalized spacial score (nSPS) is 16.5. The summed E-state index contributed by atoms with van der Waals surface area (Å²) < 4.78 is 36.8. The van der Waals surface area contributed by atoms with Crippen molar-refractivity contribution in [1.82, 2.24) is 24.2 Å². The highest BCUT2D eigenvalue weighted by atomic mass is 32.2. The summed E-state index contributed by atoms with van der Waals surface area (Å²) >= 11 is 0. The molecule has 1 unspecified atom stereocenters. The predicted octanol–water partition coefficient (Wildman–Crippen LogP) is 2.81. The molecule has 3 aromatic rings. The van der Waals surface area contributed by atoms with Crippen LogP contribution in [-0.4, -0.2) is 66.7 Å². The van der Waals surface area contributed by atoms with E-state index < -0.39 is 10.0 Å². The maximum atomic E-state index is 13.1. The van der Waals surface area contributed by atoms with Crippen LogP contribution in [0.15, 0.2) is 47.6 Å². The average molecular weight is 472 g/mol. The van der Waals surface area contributed by atoms with Crippen molar-refractivity contribution >= 4 is 21.1 Å². The third-order valence-electron chi connectivity index (χ3n) is 5.98. The number of aryl methyl sites for hydroxylation is 1. The van der Waals surface area contributed by atoms with Gasteiger partial charge >= 0.3 is 0 Å². The minimum absolute atomic E-state index is 0.138. The van der Waals surface area contributed by atoms with E-state index in [0.717, 1.165) is 41.9 Å². The van der Waals surface area contributed by atoms with Crippen LogP contribution in [0.1, 0.15) is 31.7 Å². The van der Waals surface area contributed by atoms with E-state index in [1.165, 1.54) is 0 Å². The zero-order valence-electron chi connectivity index (χ0n) is 19.6. The van der Waals surface area contributed by atoms with Gasteiger partial charge in [-0.2, -0.15) is 0 Å². The Morgan fingerprint density at radius 3 is 2.55 bits per heavy atom. The molecule has 1 aromatic carbocycles. The molecule has 8 nitrogen and oxygen atoms in total. The number of sulfonamides is 1. The van der Waals surface area contributed by atoms with Crippen molar-refractivity contribution in [3.63, 3.8) is 0 Å². The standard InChI is InChI=1S/C24H33N5O3S/c1-18(2)14-21(17-28-10-12-32-13-11-28)27-33(30,31)22-6-4-20(5-7-22)16-29-19(3)26-23-15-25-9-8-24(23)29/h4-9,15,18,21,27H,10-14,16-17H2,1-3H3. The van der Waals surface area contributed by atoms with Crippen molar-refractivity contribution in [3.05, 3.63) is 54.1 Å². The van der Waals surface area contributed by atoms with Gasteiger partial charge < -0.3 is 9.30 Å². The number of nitrogens with one attached hydrogen (secondary N) is 1. The lowest BCUT2D eigenvalue weighted by molar-refractivity contribution is 0.0337. The Morgan fingerprint density at radius 1 is 1.12 bits per heavy atom. The molecule has 0 saturated carbocycles. The van der Waals surface area contributed by atoms with Crippen molar-refractivity contribution in [2.24, 2.45) is 5.92 Å². The molecule has 1 atom stereocenters. The highest BCUT2D eigenvalue weighted by Gasteiger charge is 2.24. The van der Waals surface area contributed by atoms with E-state index in [9.17, 15) is 8.42 Å². The van der Waals surface area contributed by atoms with Crippen molar-refractivity contribution in [2.75, 3.05) is 32.8 Å². The Kier molecular flexibility index (Phi) is 7.43. The summed E-state index contributed by atoms with van der Waals surface area (Å²) in [5.41, 5.74) is 2.88. The molecular formula is C24H33N5O3S. The summed E-state index contributed by atoms with van der Waals surface area (Å²) in [5.74, 6) is 1.29. The molecule has 33 heavy (non-hydrogen) atoms. The predicted molar refractivity (Wildman–Crippen MR) is 129 cm³/mol. The summed E-state index contributed by atoms with van der Waals surface area (Å²) in [6.45, 7) is 10.6. The van der Waals surface area contributed by atoms with Crippen LogP contribution in [0.2, 0.25) is 0 Å². The molecule has 2 aromatic heterocycles. The topological polar surface area (TPSA) is 89.3 Å². The second-order valence-electron chi connectivity index (χ2n) is 9.11. The molecule has 0 radical (unpaired) electrons. The van der Waals surface area contributed by atoms with E-state index in [0.29, 0.717) is 37.1 Å². The van der Waals surface area contributed by atoms with E-state index in [1.807, 2.05) is 25.1 Å². The number of aromatic nitrogens is 3. The van der Waals surface area contributed by atoms with Gasteiger partial charge in [-0.1, -0.05) is 26.0 Å². The molecule has 0 spiro atoms. The maximum Gasteiger partial charge on any atom is 0.240 e. The number of rotatable bonds is 9. The first-order valence-corrected chi connectivity index (χ1v) is 13.0. The first-order valence-electron chi connectivity index (χ1n) is 11.5. The van der Waals surface area contributed by atoms with Crippen molar-refractivity contribution < 1.29 is 13.2 Å². The molecule has 178 valence electrons. The second kappa shape index (κ2) is 10.3.